The summed E-state index contributed by atoms with van der Waals surface area (Å²) in [7, 11) is 1.92. The van der Waals surface area contributed by atoms with E-state index in [1.807, 2.05) is 41.5 Å². The number of hydrogen-bond donors (Lipinski definition) is 0. The van der Waals surface area contributed by atoms with Crippen LogP contribution < -0.4 is 0 Å². The van der Waals surface area contributed by atoms with Crippen LogP contribution in [0, 0.1) is 6.92 Å². The van der Waals surface area contributed by atoms with Crippen LogP contribution in [0.5, 0.6) is 0 Å². The summed E-state index contributed by atoms with van der Waals surface area (Å²) in [5, 5.41) is 4.18. The molecule has 0 unspecified atom stereocenters. The Bertz CT molecular complexity index is 728. The van der Waals surface area contributed by atoms with Crippen molar-refractivity contribution < 1.29 is 0 Å². The number of nitrogens with zero attached hydrogens (tertiary/aromatic N) is 5. The molecule has 0 bridgehead atoms. The molecule has 3 aromatic rings. The van der Waals surface area contributed by atoms with Gasteiger partial charge in [-0.2, -0.15) is 5.10 Å². The maximum atomic E-state index is 5.99. The first-order valence-electron chi connectivity index (χ1n) is 6.03. The molecule has 0 N–H and O–H groups in total. The van der Waals surface area contributed by atoms with Gasteiger partial charge in [0.15, 0.2) is 5.65 Å². The molecule has 0 atom stereocenters. The van der Waals surface area contributed by atoms with Crippen molar-refractivity contribution in [3.63, 3.8) is 0 Å². The number of rotatable bonds is 3. The Hall–Kier alpha value is -1.88. The monoisotopic (exact) mass is 275 g/mol. The first-order chi connectivity index (χ1) is 9.19. The average Bonchev–Trinajstić information content (AvgIpc) is 2.94. The smallest absolute Gasteiger partial charge is 0.160 e. The van der Waals surface area contributed by atoms with Gasteiger partial charge in [-0.3, -0.25) is 4.68 Å². The summed E-state index contributed by atoms with van der Waals surface area (Å²) in [6.45, 7) is 2.68. The predicted molar refractivity (Wildman–Crippen MR) is 74.1 cm³/mol. The van der Waals surface area contributed by atoms with Gasteiger partial charge in [0.05, 0.1) is 18.1 Å². The molecule has 19 heavy (non-hydrogen) atoms. The highest BCUT2D eigenvalue weighted by atomic mass is 35.5. The van der Waals surface area contributed by atoms with E-state index in [1.54, 1.807) is 6.20 Å². The number of pyridine rings is 1. The highest BCUT2D eigenvalue weighted by Gasteiger charge is 2.12. The summed E-state index contributed by atoms with van der Waals surface area (Å²) < 4.78 is 3.89. The van der Waals surface area contributed by atoms with Gasteiger partial charge in [0.2, 0.25) is 0 Å². The van der Waals surface area contributed by atoms with E-state index in [0.29, 0.717) is 12.4 Å². The van der Waals surface area contributed by atoms with E-state index in [1.165, 1.54) is 0 Å². The maximum Gasteiger partial charge on any atom is 0.160 e. The van der Waals surface area contributed by atoms with Gasteiger partial charge in [-0.05, 0) is 24.6 Å². The minimum Gasteiger partial charge on any atom is -0.306 e. The van der Waals surface area contributed by atoms with Gasteiger partial charge in [-0.15, -0.1) is 11.6 Å². The number of imidazole rings is 1. The summed E-state index contributed by atoms with van der Waals surface area (Å²) in [6.07, 6.45) is 3.63. The number of alkyl halides is 1. The van der Waals surface area contributed by atoms with Crippen molar-refractivity contribution >= 4 is 22.8 Å². The quantitative estimate of drug-likeness (QED) is 0.689. The lowest BCUT2D eigenvalue weighted by Gasteiger charge is -2.07. The van der Waals surface area contributed by atoms with Gasteiger partial charge in [0.1, 0.15) is 11.3 Å². The summed E-state index contributed by atoms with van der Waals surface area (Å²) in [4.78, 5) is 9.01. The summed E-state index contributed by atoms with van der Waals surface area (Å²) in [5.74, 6) is 1.20. The Morgan fingerprint density at radius 3 is 2.89 bits per heavy atom. The molecule has 0 aliphatic rings. The van der Waals surface area contributed by atoms with Crippen LogP contribution in [0.2, 0.25) is 0 Å². The van der Waals surface area contributed by atoms with Gasteiger partial charge in [0, 0.05) is 19.4 Å². The topological polar surface area (TPSA) is 48.5 Å². The number of fused-ring (bicyclic) bond motifs is 1. The molecule has 3 rings (SSSR count). The summed E-state index contributed by atoms with van der Waals surface area (Å²) in [5.41, 5.74) is 3.94. The molecule has 0 aliphatic carbocycles. The second-order valence-electron chi connectivity index (χ2n) is 4.55. The highest BCUT2D eigenvalue weighted by Crippen LogP contribution is 2.18. The number of aryl methyl sites for hydroxylation is 2. The van der Waals surface area contributed by atoms with Gasteiger partial charge in [-0.1, -0.05) is 0 Å². The number of aromatic nitrogens is 5. The third kappa shape index (κ3) is 2.10. The van der Waals surface area contributed by atoms with Crippen molar-refractivity contribution in [3.05, 3.63) is 41.6 Å². The fourth-order valence-corrected chi connectivity index (χ4v) is 2.35. The van der Waals surface area contributed by atoms with Crippen LogP contribution in [0.4, 0.5) is 0 Å². The van der Waals surface area contributed by atoms with E-state index >= 15 is 0 Å². The Morgan fingerprint density at radius 1 is 1.37 bits per heavy atom. The number of hydrogen-bond acceptors (Lipinski definition) is 3. The molecule has 0 saturated heterocycles. The van der Waals surface area contributed by atoms with Crippen LogP contribution in [0.1, 0.15) is 17.1 Å². The standard InChI is InChI=1S/C13H14ClN5/c1-9-5-11-13(15-7-9)19(12(6-14)17-11)8-10-3-4-16-18(10)2/h3-5,7H,6,8H2,1-2H3. The molecule has 3 heterocycles. The van der Waals surface area contributed by atoms with Crippen LogP contribution in [-0.2, 0) is 19.5 Å². The van der Waals surface area contributed by atoms with E-state index in [0.717, 1.165) is 28.2 Å². The molecular weight excluding hydrogens is 262 g/mol. The zero-order valence-electron chi connectivity index (χ0n) is 10.8. The van der Waals surface area contributed by atoms with Crippen LogP contribution in [0.3, 0.4) is 0 Å². The Labute approximate surface area is 115 Å². The number of halogens is 1. The summed E-state index contributed by atoms with van der Waals surface area (Å²) in [6, 6.07) is 4.01. The van der Waals surface area contributed by atoms with E-state index in [2.05, 4.69) is 15.1 Å². The zero-order valence-corrected chi connectivity index (χ0v) is 11.6. The molecular formula is C13H14ClN5. The van der Waals surface area contributed by atoms with Crippen molar-refractivity contribution in [1.82, 2.24) is 24.3 Å². The van der Waals surface area contributed by atoms with Crippen molar-refractivity contribution in [3.8, 4) is 0 Å². The Kier molecular flexibility index (Phi) is 2.98. The minimum absolute atomic E-state index is 0.368. The molecule has 0 spiro atoms. The second-order valence-corrected chi connectivity index (χ2v) is 4.82. The highest BCUT2D eigenvalue weighted by molar-refractivity contribution is 6.16. The molecule has 0 aromatic carbocycles. The third-order valence-corrected chi connectivity index (χ3v) is 3.40. The first kappa shape index (κ1) is 12.2. The normalized spacial score (nSPS) is 11.3. The fraction of sp³-hybridized carbons (Fsp3) is 0.308. The molecule has 6 heteroatoms. The van der Waals surface area contributed by atoms with E-state index in [-0.39, 0.29) is 0 Å². The van der Waals surface area contributed by atoms with Crippen molar-refractivity contribution in [2.24, 2.45) is 7.05 Å². The molecule has 0 aliphatic heterocycles. The Balaban J connectivity index is 2.13. The van der Waals surface area contributed by atoms with Crippen molar-refractivity contribution in [2.75, 3.05) is 0 Å². The lowest BCUT2D eigenvalue weighted by atomic mass is 10.3. The predicted octanol–water partition coefficient (Wildman–Crippen LogP) is 2.26. The van der Waals surface area contributed by atoms with Gasteiger partial charge in [0.25, 0.3) is 0 Å². The Morgan fingerprint density at radius 2 is 2.21 bits per heavy atom. The van der Waals surface area contributed by atoms with E-state index < -0.39 is 0 Å². The molecule has 5 nitrogen and oxygen atoms in total. The second kappa shape index (κ2) is 4.66. The SMILES string of the molecule is Cc1cnc2c(c1)nc(CCl)n2Cc1ccnn1C. The third-order valence-electron chi connectivity index (χ3n) is 3.16. The van der Waals surface area contributed by atoms with E-state index in [4.69, 9.17) is 11.6 Å². The van der Waals surface area contributed by atoms with Gasteiger partial charge >= 0.3 is 0 Å². The maximum absolute atomic E-state index is 5.99. The molecule has 0 saturated carbocycles. The average molecular weight is 276 g/mol. The molecule has 98 valence electrons. The van der Waals surface area contributed by atoms with Crippen LogP contribution in [0.25, 0.3) is 11.2 Å². The molecule has 3 aromatic heterocycles. The van der Waals surface area contributed by atoms with Crippen LogP contribution in [-0.4, -0.2) is 24.3 Å². The van der Waals surface area contributed by atoms with Crippen molar-refractivity contribution in [1.29, 1.82) is 0 Å². The van der Waals surface area contributed by atoms with Gasteiger partial charge in [-0.25, -0.2) is 9.97 Å². The fourth-order valence-electron chi connectivity index (χ4n) is 2.15. The van der Waals surface area contributed by atoms with E-state index in [9.17, 15) is 0 Å². The largest absolute Gasteiger partial charge is 0.306 e. The lowest BCUT2D eigenvalue weighted by Crippen LogP contribution is -2.08. The van der Waals surface area contributed by atoms with Crippen molar-refractivity contribution in [2.45, 2.75) is 19.3 Å². The van der Waals surface area contributed by atoms with Crippen LogP contribution in [0.15, 0.2) is 24.5 Å². The lowest BCUT2D eigenvalue weighted by molar-refractivity contribution is 0.661. The zero-order chi connectivity index (χ0) is 13.4. The molecule has 0 radical (unpaired) electrons. The van der Waals surface area contributed by atoms with Crippen LogP contribution >= 0.6 is 11.6 Å². The molecule has 0 fully saturated rings. The summed E-state index contributed by atoms with van der Waals surface area (Å²) >= 11 is 5.99. The first-order valence-corrected chi connectivity index (χ1v) is 6.57. The molecule has 0 amide bonds. The minimum atomic E-state index is 0.368. The van der Waals surface area contributed by atoms with Gasteiger partial charge < -0.3 is 4.57 Å².